The van der Waals surface area contributed by atoms with Gasteiger partial charge in [0.05, 0.1) is 6.54 Å². The summed E-state index contributed by atoms with van der Waals surface area (Å²) >= 11 is 1.82. The van der Waals surface area contributed by atoms with Gasteiger partial charge in [-0.25, -0.2) is 0 Å². The molecule has 0 fully saturated rings. The van der Waals surface area contributed by atoms with Crippen LogP contribution in [0.5, 0.6) is 0 Å². The lowest BCUT2D eigenvalue weighted by atomic mass is 9.96. The summed E-state index contributed by atoms with van der Waals surface area (Å²) in [6.07, 6.45) is 2.10. The first-order valence-corrected chi connectivity index (χ1v) is 8.06. The van der Waals surface area contributed by atoms with E-state index in [2.05, 4.69) is 37.1 Å². The summed E-state index contributed by atoms with van der Waals surface area (Å²) in [5, 5.41) is 0. The Labute approximate surface area is 121 Å². The fraction of sp³-hybridized carbons (Fsp3) is 0.562. The minimum Gasteiger partial charge on any atom is -0.295 e. The van der Waals surface area contributed by atoms with Crippen molar-refractivity contribution in [2.45, 2.75) is 33.7 Å². The molecule has 0 N–H and O–H groups in total. The van der Waals surface area contributed by atoms with Crippen LogP contribution in [-0.4, -0.2) is 42.3 Å². The highest BCUT2D eigenvalue weighted by Crippen LogP contribution is 2.17. The van der Waals surface area contributed by atoms with Crippen LogP contribution in [0.2, 0.25) is 0 Å². The van der Waals surface area contributed by atoms with E-state index >= 15 is 0 Å². The van der Waals surface area contributed by atoms with Crippen molar-refractivity contribution in [3.63, 3.8) is 0 Å². The molecule has 1 atom stereocenters. The van der Waals surface area contributed by atoms with Crippen molar-refractivity contribution < 1.29 is 4.79 Å². The van der Waals surface area contributed by atoms with Crippen LogP contribution in [0.3, 0.4) is 0 Å². The zero-order valence-corrected chi connectivity index (χ0v) is 13.7. The molecule has 0 spiro atoms. The zero-order valence-electron chi connectivity index (χ0n) is 12.9. The van der Waals surface area contributed by atoms with E-state index in [0.717, 1.165) is 22.4 Å². The SMILES string of the molecule is CSCC(C)N(C)CC(=O)c1c(C)cc(C)cc1C. The van der Waals surface area contributed by atoms with Gasteiger partial charge in [0.2, 0.25) is 0 Å². The van der Waals surface area contributed by atoms with Crippen LogP contribution in [0.1, 0.15) is 34.0 Å². The summed E-state index contributed by atoms with van der Waals surface area (Å²) in [6.45, 7) is 8.78. The number of carbonyl (C=O) groups is 1. The lowest BCUT2D eigenvalue weighted by Gasteiger charge is -2.24. The molecule has 0 amide bonds. The summed E-state index contributed by atoms with van der Waals surface area (Å²) in [7, 11) is 2.03. The monoisotopic (exact) mass is 279 g/mol. The Bertz CT molecular complexity index is 433. The van der Waals surface area contributed by atoms with Gasteiger partial charge in [-0.1, -0.05) is 17.7 Å². The van der Waals surface area contributed by atoms with Gasteiger partial charge in [-0.05, 0) is 52.1 Å². The molecule has 0 radical (unpaired) electrons. The molecule has 19 heavy (non-hydrogen) atoms. The highest BCUT2D eigenvalue weighted by atomic mass is 32.2. The maximum absolute atomic E-state index is 12.5. The molecule has 0 saturated carbocycles. The third-order valence-electron chi connectivity index (χ3n) is 3.51. The number of benzene rings is 1. The predicted octanol–water partition coefficient (Wildman–Crippen LogP) is 3.48. The average molecular weight is 279 g/mol. The normalized spacial score (nSPS) is 12.8. The van der Waals surface area contributed by atoms with E-state index in [1.165, 1.54) is 5.56 Å². The number of carbonyl (C=O) groups excluding carboxylic acids is 1. The van der Waals surface area contributed by atoms with Gasteiger partial charge >= 0.3 is 0 Å². The Hall–Kier alpha value is -0.800. The second-order valence-corrected chi connectivity index (χ2v) is 6.33. The van der Waals surface area contributed by atoms with E-state index in [1.54, 1.807) is 0 Å². The molecular formula is C16H25NOS. The van der Waals surface area contributed by atoms with Gasteiger partial charge in [0.15, 0.2) is 5.78 Å². The first kappa shape index (κ1) is 16.3. The third kappa shape index (κ3) is 4.36. The van der Waals surface area contributed by atoms with Crippen molar-refractivity contribution >= 4 is 17.5 Å². The summed E-state index contributed by atoms with van der Waals surface area (Å²) in [5.41, 5.74) is 4.30. The van der Waals surface area contributed by atoms with E-state index in [-0.39, 0.29) is 5.78 Å². The van der Waals surface area contributed by atoms with Crippen LogP contribution in [0.25, 0.3) is 0 Å². The fourth-order valence-electron chi connectivity index (χ4n) is 2.45. The van der Waals surface area contributed by atoms with E-state index in [1.807, 2.05) is 32.7 Å². The standard InChI is InChI=1S/C16H25NOS/c1-11-7-12(2)16(13(3)8-11)15(18)9-17(5)14(4)10-19-6/h7-8,14H,9-10H2,1-6H3. The number of thioether (sulfide) groups is 1. The number of nitrogens with zero attached hydrogens (tertiary/aromatic N) is 1. The summed E-state index contributed by atoms with van der Waals surface area (Å²) in [6, 6.07) is 4.60. The third-order valence-corrected chi connectivity index (χ3v) is 4.32. The molecule has 1 rings (SSSR count). The van der Waals surface area contributed by atoms with Crippen molar-refractivity contribution in [2.24, 2.45) is 0 Å². The summed E-state index contributed by atoms with van der Waals surface area (Å²) in [5.74, 6) is 1.28. The summed E-state index contributed by atoms with van der Waals surface area (Å²) in [4.78, 5) is 14.6. The molecule has 0 saturated heterocycles. The predicted molar refractivity (Wildman–Crippen MR) is 85.5 cm³/mol. The van der Waals surface area contributed by atoms with Gasteiger partial charge in [0, 0.05) is 17.4 Å². The Morgan fingerprint density at radius 1 is 1.26 bits per heavy atom. The van der Waals surface area contributed by atoms with E-state index in [9.17, 15) is 4.79 Å². The van der Waals surface area contributed by atoms with Crippen LogP contribution < -0.4 is 0 Å². The van der Waals surface area contributed by atoms with E-state index in [0.29, 0.717) is 12.6 Å². The molecule has 1 unspecified atom stereocenters. The molecule has 0 aromatic heterocycles. The quantitative estimate of drug-likeness (QED) is 0.744. The second kappa shape index (κ2) is 7.11. The Morgan fingerprint density at radius 2 is 1.79 bits per heavy atom. The smallest absolute Gasteiger partial charge is 0.177 e. The fourth-order valence-corrected chi connectivity index (χ4v) is 3.19. The van der Waals surface area contributed by atoms with Crippen molar-refractivity contribution in [3.8, 4) is 0 Å². The van der Waals surface area contributed by atoms with E-state index in [4.69, 9.17) is 0 Å². The molecular weight excluding hydrogens is 254 g/mol. The van der Waals surface area contributed by atoms with Gasteiger partial charge in [-0.2, -0.15) is 11.8 Å². The lowest BCUT2D eigenvalue weighted by Crippen LogP contribution is -2.35. The summed E-state index contributed by atoms with van der Waals surface area (Å²) < 4.78 is 0. The Balaban J connectivity index is 2.84. The van der Waals surface area contributed by atoms with Crippen LogP contribution in [0, 0.1) is 20.8 Å². The van der Waals surface area contributed by atoms with Crippen LogP contribution >= 0.6 is 11.8 Å². The molecule has 0 bridgehead atoms. The topological polar surface area (TPSA) is 20.3 Å². The second-order valence-electron chi connectivity index (χ2n) is 5.42. The van der Waals surface area contributed by atoms with Gasteiger partial charge in [0.1, 0.15) is 0 Å². The molecule has 2 nitrogen and oxygen atoms in total. The van der Waals surface area contributed by atoms with Crippen LogP contribution in [0.15, 0.2) is 12.1 Å². The molecule has 0 aliphatic heterocycles. The first-order valence-electron chi connectivity index (χ1n) is 6.67. The zero-order chi connectivity index (χ0) is 14.6. The van der Waals surface area contributed by atoms with E-state index < -0.39 is 0 Å². The molecule has 106 valence electrons. The molecule has 0 aliphatic carbocycles. The lowest BCUT2D eigenvalue weighted by molar-refractivity contribution is 0.0929. The van der Waals surface area contributed by atoms with Gasteiger partial charge in [-0.3, -0.25) is 9.69 Å². The Kier molecular flexibility index (Phi) is 6.08. The number of likely N-dealkylation sites (N-methyl/N-ethyl adjacent to an activating group) is 1. The molecule has 1 aromatic carbocycles. The largest absolute Gasteiger partial charge is 0.295 e. The number of hydrogen-bond donors (Lipinski definition) is 0. The number of aryl methyl sites for hydroxylation is 3. The number of ketones is 1. The van der Waals surface area contributed by atoms with Gasteiger partial charge < -0.3 is 0 Å². The highest BCUT2D eigenvalue weighted by Gasteiger charge is 2.17. The van der Waals surface area contributed by atoms with Crippen LogP contribution in [-0.2, 0) is 0 Å². The van der Waals surface area contributed by atoms with Crippen molar-refractivity contribution in [2.75, 3.05) is 25.6 Å². The molecule has 3 heteroatoms. The first-order chi connectivity index (χ1) is 8.86. The Morgan fingerprint density at radius 3 is 2.26 bits per heavy atom. The van der Waals surface area contributed by atoms with Crippen molar-refractivity contribution in [3.05, 3.63) is 34.4 Å². The molecule has 0 heterocycles. The maximum Gasteiger partial charge on any atom is 0.177 e. The number of rotatable bonds is 6. The minimum absolute atomic E-state index is 0.227. The number of Topliss-reactive ketones (excluding diaryl/α,β-unsaturated/α-hetero) is 1. The molecule has 0 aliphatic rings. The maximum atomic E-state index is 12.5. The van der Waals surface area contributed by atoms with Crippen molar-refractivity contribution in [1.82, 2.24) is 4.90 Å². The minimum atomic E-state index is 0.227. The molecule has 1 aromatic rings. The van der Waals surface area contributed by atoms with Crippen LogP contribution in [0.4, 0.5) is 0 Å². The number of hydrogen-bond acceptors (Lipinski definition) is 3. The highest BCUT2D eigenvalue weighted by molar-refractivity contribution is 7.98. The van der Waals surface area contributed by atoms with Gasteiger partial charge in [-0.15, -0.1) is 0 Å². The average Bonchev–Trinajstić information content (AvgIpc) is 2.27. The van der Waals surface area contributed by atoms with Gasteiger partial charge in [0.25, 0.3) is 0 Å². The van der Waals surface area contributed by atoms with Crippen molar-refractivity contribution in [1.29, 1.82) is 0 Å².